The molecule has 1 aliphatic rings. The maximum Gasteiger partial charge on any atom is 0.224 e. The van der Waals surface area contributed by atoms with Gasteiger partial charge in [-0.2, -0.15) is 0 Å². The second kappa shape index (κ2) is 11.5. The van der Waals surface area contributed by atoms with Gasteiger partial charge in [-0.15, -0.1) is 41.9 Å². The number of fused-ring (bicyclic) bond motifs is 1. The molecule has 1 aromatic heterocycles. The Kier molecular flexibility index (Phi) is 10.1. The van der Waals surface area contributed by atoms with Gasteiger partial charge in [0.05, 0.1) is 0 Å². The van der Waals surface area contributed by atoms with Crippen molar-refractivity contribution in [1.82, 2.24) is 15.1 Å². The smallest absolute Gasteiger partial charge is 0.224 e. The lowest BCUT2D eigenvalue weighted by molar-refractivity contribution is -0.131. The minimum atomic E-state index is 0. The molecule has 140 valence electrons. The number of nitrogens with zero attached hydrogens (tertiary/aromatic N) is 3. The Balaban J connectivity index is 0.00000312. The fourth-order valence-corrected chi connectivity index (χ4v) is 3.75. The monoisotopic (exact) mass is 476 g/mol. The van der Waals surface area contributed by atoms with E-state index in [1.807, 2.05) is 18.0 Å². The molecule has 7 heteroatoms. The molecule has 0 saturated carbocycles. The standard InChI is InChI=1S/C18H28N4OS.HI/c1-4-5-6-11-21(3)18(19-2)20-10-7-17(23)22-12-8-16-15(14-22)9-13-24-16;/h4,9,13H,1,5-8,10-12,14H2,2-3H3,(H,19,20);1H. The highest BCUT2D eigenvalue weighted by Crippen LogP contribution is 2.24. The van der Waals surface area contributed by atoms with Crippen LogP contribution in [0.5, 0.6) is 0 Å². The maximum absolute atomic E-state index is 12.4. The predicted octanol–water partition coefficient (Wildman–Crippen LogP) is 3.11. The van der Waals surface area contributed by atoms with Crippen LogP contribution in [0.25, 0.3) is 0 Å². The summed E-state index contributed by atoms with van der Waals surface area (Å²) in [5.74, 6) is 1.05. The molecule has 0 radical (unpaired) electrons. The van der Waals surface area contributed by atoms with Crippen LogP contribution < -0.4 is 5.32 Å². The number of nitrogens with one attached hydrogen (secondary N) is 1. The average molecular weight is 476 g/mol. The molecule has 1 N–H and O–H groups in total. The number of aliphatic imine (C=N–C) groups is 1. The molecule has 0 unspecified atom stereocenters. The summed E-state index contributed by atoms with van der Waals surface area (Å²) >= 11 is 1.80. The molecule has 0 spiro atoms. The lowest BCUT2D eigenvalue weighted by Gasteiger charge is -2.27. The van der Waals surface area contributed by atoms with Gasteiger partial charge in [-0.05, 0) is 36.3 Å². The fourth-order valence-electron chi connectivity index (χ4n) is 2.86. The number of thiophene rings is 1. The summed E-state index contributed by atoms with van der Waals surface area (Å²) in [6, 6.07) is 2.14. The first kappa shape index (κ1) is 22.0. The van der Waals surface area contributed by atoms with E-state index in [9.17, 15) is 4.79 Å². The first-order valence-electron chi connectivity index (χ1n) is 8.51. The molecule has 0 aromatic carbocycles. The molecule has 5 nitrogen and oxygen atoms in total. The van der Waals surface area contributed by atoms with E-state index in [1.165, 1.54) is 10.4 Å². The summed E-state index contributed by atoms with van der Waals surface area (Å²) in [6.07, 6.45) is 5.47. The van der Waals surface area contributed by atoms with E-state index in [-0.39, 0.29) is 29.9 Å². The van der Waals surface area contributed by atoms with Crippen molar-refractivity contribution >= 4 is 47.2 Å². The first-order valence-corrected chi connectivity index (χ1v) is 9.39. The van der Waals surface area contributed by atoms with Crippen molar-refractivity contribution in [2.24, 2.45) is 4.99 Å². The van der Waals surface area contributed by atoms with Crippen molar-refractivity contribution in [2.45, 2.75) is 32.2 Å². The predicted molar refractivity (Wildman–Crippen MR) is 117 cm³/mol. The third kappa shape index (κ3) is 6.62. The zero-order valence-electron chi connectivity index (χ0n) is 15.2. The SMILES string of the molecule is C=CCCCN(C)C(=NC)NCCC(=O)N1CCc2sccc2C1.I. The van der Waals surface area contributed by atoms with Gasteiger partial charge in [-0.3, -0.25) is 9.79 Å². The highest BCUT2D eigenvalue weighted by Gasteiger charge is 2.21. The molecular formula is C18H29IN4OS. The summed E-state index contributed by atoms with van der Waals surface area (Å²) < 4.78 is 0. The van der Waals surface area contributed by atoms with Gasteiger partial charge >= 0.3 is 0 Å². The normalized spacial score (nSPS) is 13.7. The molecular weight excluding hydrogens is 447 g/mol. The van der Waals surface area contributed by atoms with Crippen molar-refractivity contribution in [3.8, 4) is 0 Å². The van der Waals surface area contributed by atoms with Crippen LogP contribution in [-0.2, 0) is 17.8 Å². The Morgan fingerprint density at radius 2 is 2.36 bits per heavy atom. The van der Waals surface area contributed by atoms with E-state index < -0.39 is 0 Å². The van der Waals surface area contributed by atoms with Gasteiger partial charge in [0.2, 0.25) is 5.91 Å². The molecule has 0 aliphatic carbocycles. The number of rotatable bonds is 7. The number of guanidine groups is 1. The largest absolute Gasteiger partial charge is 0.356 e. The number of carbonyl (C=O) groups excluding carboxylic acids is 1. The van der Waals surface area contributed by atoms with Crippen molar-refractivity contribution in [1.29, 1.82) is 0 Å². The minimum absolute atomic E-state index is 0. The van der Waals surface area contributed by atoms with Gasteiger partial charge in [0.25, 0.3) is 0 Å². The topological polar surface area (TPSA) is 47.9 Å². The lowest BCUT2D eigenvalue weighted by Crippen LogP contribution is -2.42. The van der Waals surface area contributed by atoms with E-state index in [0.717, 1.165) is 44.9 Å². The van der Waals surface area contributed by atoms with Crippen molar-refractivity contribution in [3.05, 3.63) is 34.5 Å². The number of unbranched alkanes of at least 4 members (excludes halogenated alkanes) is 1. The average Bonchev–Trinajstić information content (AvgIpc) is 3.06. The van der Waals surface area contributed by atoms with Crippen molar-refractivity contribution in [2.75, 3.05) is 33.7 Å². The van der Waals surface area contributed by atoms with E-state index in [4.69, 9.17) is 0 Å². The van der Waals surface area contributed by atoms with Gasteiger partial charge < -0.3 is 15.1 Å². The van der Waals surface area contributed by atoms with Gasteiger partial charge in [0.15, 0.2) is 5.96 Å². The lowest BCUT2D eigenvalue weighted by atomic mass is 10.1. The zero-order chi connectivity index (χ0) is 17.4. The third-order valence-corrected chi connectivity index (χ3v) is 5.28. The molecule has 2 heterocycles. The molecule has 1 aromatic rings. The quantitative estimate of drug-likeness (QED) is 0.216. The third-order valence-electron chi connectivity index (χ3n) is 4.26. The maximum atomic E-state index is 12.4. The summed E-state index contributed by atoms with van der Waals surface area (Å²) in [7, 11) is 3.79. The molecule has 2 rings (SSSR count). The van der Waals surface area contributed by atoms with Crippen LogP contribution in [0.15, 0.2) is 29.1 Å². The molecule has 0 bridgehead atoms. The summed E-state index contributed by atoms with van der Waals surface area (Å²) in [4.78, 5) is 22.2. The summed E-state index contributed by atoms with van der Waals surface area (Å²) in [5.41, 5.74) is 1.31. The number of hydrogen-bond acceptors (Lipinski definition) is 3. The number of halogens is 1. The van der Waals surface area contributed by atoms with Gasteiger partial charge in [0, 0.05) is 51.6 Å². The molecule has 25 heavy (non-hydrogen) atoms. The number of hydrogen-bond donors (Lipinski definition) is 1. The fraction of sp³-hybridized carbons (Fsp3) is 0.556. The first-order chi connectivity index (χ1) is 11.7. The molecule has 1 aliphatic heterocycles. The Morgan fingerprint density at radius 1 is 1.56 bits per heavy atom. The Morgan fingerprint density at radius 3 is 3.08 bits per heavy atom. The van der Waals surface area contributed by atoms with Gasteiger partial charge in [-0.25, -0.2) is 0 Å². The van der Waals surface area contributed by atoms with E-state index in [1.54, 1.807) is 18.4 Å². The highest BCUT2D eigenvalue weighted by molar-refractivity contribution is 14.0. The van der Waals surface area contributed by atoms with E-state index in [0.29, 0.717) is 13.0 Å². The van der Waals surface area contributed by atoms with Crippen LogP contribution in [0.1, 0.15) is 29.7 Å². The Hall–Kier alpha value is -1.09. The number of carbonyl (C=O) groups is 1. The van der Waals surface area contributed by atoms with Crippen LogP contribution in [0.3, 0.4) is 0 Å². The Labute approximate surface area is 172 Å². The summed E-state index contributed by atoms with van der Waals surface area (Å²) in [6.45, 7) is 6.87. The number of amides is 1. The van der Waals surface area contributed by atoms with Crippen LogP contribution in [0.4, 0.5) is 0 Å². The van der Waals surface area contributed by atoms with Crippen LogP contribution in [-0.4, -0.2) is 55.4 Å². The molecule has 0 atom stereocenters. The van der Waals surface area contributed by atoms with E-state index in [2.05, 4.69) is 33.2 Å². The Bertz CT molecular complexity index is 587. The van der Waals surface area contributed by atoms with Crippen molar-refractivity contribution < 1.29 is 4.79 Å². The molecule has 0 saturated heterocycles. The minimum Gasteiger partial charge on any atom is -0.356 e. The van der Waals surface area contributed by atoms with Gasteiger partial charge in [0.1, 0.15) is 0 Å². The van der Waals surface area contributed by atoms with Crippen LogP contribution in [0.2, 0.25) is 0 Å². The summed E-state index contributed by atoms with van der Waals surface area (Å²) in [5, 5.41) is 5.40. The molecule has 1 amide bonds. The number of allylic oxidation sites excluding steroid dienone is 1. The zero-order valence-corrected chi connectivity index (χ0v) is 18.3. The van der Waals surface area contributed by atoms with E-state index >= 15 is 0 Å². The van der Waals surface area contributed by atoms with Crippen molar-refractivity contribution in [3.63, 3.8) is 0 Å². The van der Waals surface area contributed by atoms with Gasteiger partial charge in [-0.1, -0.05) is 6.08 Å². The van der Waals surface area contributed by atoms with Crippen LogP contribution >= 0.6 is 35.3 Å². The second-order valence-electron chi connectivity index (χ2n) is 6.01. The highest BCUT2D eigenvalue weighted by atomic mass is 127. The molecule has 0 fully saturated rings. The van der Waals surface area contributed by atoms with Crippen LogP contribution in [0, 0.1) is 0 Å². The second-order valence-corrected chi connectivity index (χ2v) is 7.01.